The molecule has 0 aromatic heterocycles. The molecule has 1 saturated heterocycles. The number of hydrogen-bond acceptors (Lipinski definition) is 3. The largest absolute Gasteiger partial charge is 0.416 e. The lowest BCUT2D eigenvalue weighted by Gasteiger charge is -2.31. The van der Waals surface area contributed by atoms with E-state index >= 15 is 0 Å². The van der Waals surface area contributed by atoms with Crippen molar-refractivity contribution in [2.45, 2.75) is 25.2 Å². The lowest BCUT2D eigenvalue weighted by molar-refractivity contribution is -0.143. The zero-order valence-electron chi connectivity index (χ0n) is 14.7. The first-order valence-electron chi connectivity index (χ1n) is 8.47. The van der Waals surface area contributed by atoms with Crippen molar-refractivity contribution < 1.29 is 35.9 Å². The van der Waals surface area contributed by atoms with Gasteiger partial charge in [0.1, 0.15) is 0 Å². The van der Waals surface area contributed by atoms with Crippen molar-refractivity contribution in [3.05, 3.63) is 34.9 Å². The van der Waals surface area contributed by atoms with Gasteiger partial charge in [-0.3, -0.25) is 9.59 Å². The van der Waals surface area contributed by atoms with E-state index in [1.807, 2.05) is 0 Å². The smallest absolute Gasteiger partial charge is 0.352 e. The number of rotatable bonds is 4. The zero-order chi connectivity index (χ0) is 21.1. The number of alkyl halides is 6. The molecule has 0 atom stereocenters. The molecule has 1 aromatic carbocycles. The summed E-state index contributed by atoms with van der Waals surface area (Å²) in [6.45, 7) is 0.830. The maximum absolute atomic E-state index is 12.9. The van der Waals surface area contributed by atoms with Gasteiger partial charge in [-0.05, 0) is 37.0 Å². The van der Waals surface area contributed by atoms with Gasteiger partial charge in [0.25, 0.3) is 5.91 Å². The highest BCUT2D eigenvalue weighted by Gasteiger charge is 2.37. The van der Waals surface area contributed by atoms with Crippen LogP contribution in [0.5, 0.6) is 0 Å². The molecule has 0 unspecified atom stereocenters. The van der Waals surface area contributed by atoms with E-state index in [9.17, 15) is 35.9 Å². The molecular formula is C17H19F6N3O2. The molecule has 1 aromatic rings. The summed E-state index contributed by atoms with van der Waals surface area (Å²) in [6, 6.07) is 0.765. The Morgan fingerprint density at radius 1 is 1.00 bits per heavy atom. The fraction of sp³-hybridized carbons (Fsp3) is 0.529. The average Bonchev–Trinajstić information content (AvgIpc) is 2.64. The normalized spacial score (nSPS) is 16.2. The van der Waals surface area contributed by atoms with Gasteiger partial charge in [-0.1, -0.05) is 0 Å². The minimum atomic E-state index is -5.02. The standard InChI is InChI=1S/C17H19F6N3O2/c18-16(19,20)12-5-11(6-13(7-12)17(21,22)23)15(28)25-9-10-1-3-26(4-2-10)14(27)8-24/h5-7,10H,1-4,8-9,24H2,(H,25,28). The summed E-state index contributed by atoms with van der Waals surface area (Å²) in [7, 11) is 0. The van der Waals surface area contributed by atoms with Crippen molar-refractivity contribution in [1.82, 2.24) is 10.2 Å². The van der Waals surface area contributed by atoms with Crippen LogP contribution in [0.3, 0.4) is 0 Å². The van der Waals surface area contributed by atoms with Crippen molar-refractivity contribution >= 4 is 11.8 Å². The zero-order valence-corrected chi connectivity index (χ0v) is 14.7. The second kappa shape index (κ2) is 8.38. The summed E-state index contributed by atoms with van der Waals surface area (Å²) in [4.78, 5) is 25.2. The van der Waals surface area contributed by atoms with E-state index in [-0.39, 0.29) is 31.0 Å². The SMILES string of the molecule is NCC(=O)N1CCC(CNC(=O)c2cc(C(F)(F)F)cc(C(F)(F)F)c2)CC1. The predicted molar refractivity (Wildman–Crippen MR) is 87.1 cm³/mol. The summed E-state index contributed by atoms with van der Waals surface area (Å²) in [6.07, 6.45) is -8.94. The first kappa shape index (κ1) is 22.0. The van der Waals surface area contributed by atoms with Gasteiger partial charge in [0.15, 0.2) is 0 Å². The van der Waals surface area contributed by atoms with Gasteiger partial charge in [0.05, 0.1) is 17.7 Å². The summed E-state index contributed by atoms with van der Waals surface area (Å²) >= 11 is 0. The summed E-state index contributed by atoms with van der Waals surface area (Å²) in [5.41, 5.74) is 1.49. The molecule has 0 radical (unpaired) electrons. The highest BCUT2D eigenvalue weighted by molar-refractivity contribution is 5.94. The van der Waals surface area contributed by atoms with Crippen LogP contribution in [-0.4, -0.2) is 42.9 Å². The summed E-state index contributed by atoms with van der Waals surface area (Å²) in [5.74, 6) is -1.26. The molecule has 3 N–H and O–H groups in total. The lowest BCUT2D eigenvalue weighted by Crippen LogP contribution is -2.43. The number of nitrogens with two attached hydrogens (primary N) is 1. The minimum Gasteiger partial charge on any atom is -0.352 e. The number of amides is 2. The topological polar surface area (TPSA) is 75.4 Å². The van der Waals surface area contributed by atoms with Crippen LogP contribution in [-0.2, 0) is 17.1 Å². The van der Waals surface area contributed by atoms with Crippen molar-refractivity contribution in [2.24, 2.45) is 11.7 Å². The summed E-state index contributed by atoms with van der Waals surface area (Å²) in [5, 5.41) is 2.38. The van der Waals surface area contributed by atoms with E-state index < -0.39 is 35.0 Å². The molecule has 0 aliphatic carbocycles. The number of halogens is 6. The molecular weight excluding hydrogens is 392 g/mol. The Balaban J connectivity index is 2.05. The van der Waals surface area contributed by atoms with Crippen LogP contribution >= 0.6 is 0 Å². The maximum atomic E-state index is 12.9. The van der Waals surface area contributed by atoms with Crippen molar-refractivity contribution in [3.63, 3.8) is 0 Å². The molecule has 0 saturated carbocycles. The predicted octanol–water partition coefficient (Wildman–Crippen LogP) is 2.65. The second-order valence-electron chi connectivity index (χ2n) is 6.53. The molecule has 1 fully saturated rings. The Bertz CT molecular complexity index is 692. The first-order chi connectivity index (χ1) is 12.9. The molecule has 1 aliphatic rings. The fourth-order valence-electron chi connectivity index (χ4n) is 2.94. The highest BCUT2D eigenvalue weighted by atomic mass is 19.4. The van der Waals surface area contributed by atoms with Gasteiger partial charge in [0.2, 0.25) is 5.91 Å². The molecule has 2 amide bonds. The van der Waals surface area contributed by atoms with Gasteiger partial charge >= 0.3 is 12.4 Å². The van der Waals surface area contributed by atoms with Crippen LogP contribution in [0.4, 0.5) is 26.3 Å². The minimum absolute atomic E-state index is 0.0268. The van der Waals surface area contributed by atoms with Crippen LogP contribution in [0, 0.1) is 5.92 Å². The number of carbonyl (C=O) groups excluding carboxylic acids is 2. The van der Waals surface area contributed by atoms with E-state index in [2.05, 4.69) is 5.32 Å². The van der Waals surface area contributed by atoms with Crippen LogP contribution in [0.1, 0.15) is 34.3 Å². The van der Waals surface area contributed by atoms with E-state index in [0.29, 0.717) is 38.1 Å². The van der Waals surface area contributed by atoms with Crippen LogP contribution < -0.4 is 11.1 Å². The molecule has 0 spiro atoms. The van der Waals surface area contributed by atoms with Gasteiger partial charge in [-0.25, -0.2) is 0 Å². The van der Waals surface area contributed by atoms with Crippen molar-refractivity contribution in [1.29, 1.82) is 0 Å². The maximum Gasteiger partial charge on any atom is 0.416 e. The Labute approximate surface area is 156 Å². The molecule has 1 heterocycles. The van der Waals surface area contributed by atoms with Crippen LogP contribution in [0.25, 0.3) is 0 Å². The number of nitrogens with one attached hydrogen (secondary N) is 1. The van der Waals surface area contributed by atoms with Crippen LogP contribution in [0.2, 0.25) is 0 Å². The van der Waals surface area contributed by atoms with E-state index in [0.717, 1.165) is 0 Å². The van der Waals surface area contributed by atoms with Crippen LogP contribution in [0.15, 0.2) is 18.2 Å². The molecule has 2 rings (SSSR count). The molecule has 11 heteroatoms. The Kier molecular flexibility index (Phi) is 6.58. The lowest BCUT2D eigenvalue weighted by atomic mass is 9.96. The number of piperidine rings is 1. The molecule has 5 nitrogen and oxygen atoms in total. The average molecular weight is 411 g/mol. The van der Waals surface area contributed by atoms with Gasteiger partial charge in [-0.15, -0.1) is 0 Å². The fourth-order valence-corrected chi connectivity index (χ4v) is 2.94. The summed E-state index contributed by atoms with van der Waals surface area (Å²) < 4.78 is 77.2. The third-order valence-electron chi connectivity index (χ3n) is 4.54. The third-order valence-corrected chi connectivity index (χ3v) is 4.54. The van der Waals surface area contributed by atoms with Crippen molar-refractivity contribution in [2.75, 3.05) is 26.2 Å². The number of hydrogen-bond donors (Lipinski definition) is 2. The first-order valence-corrected chi connectivity index (χ1v) is 8.47. The number of nitrogens with zero attached hydrogens (tertiary/aromatic N) is 1. The number of likely N-dealkylation sites (tertiary alicyclic amines) is 1. The number of carbonyl (C=O) groups is 2. The number of benzene rings is 1. The quantitative estimate of drug-likeness (QED) is 0.749. The van der Waals surface area contributed by atoms with Crippen molar-refractivity contribution in [3.8, 4) is 0 Å². The molecule has 1 aliphatic heterocycles. The third kappa shape index (κ3) is 5.60. The molecule has 28 heavy (non-hydrogen) atoms. The van der Waals surface area contributed by atoms with E-state index in [1.165, 1.54) is 0 Å². The molecule has 0 bridgehead atoms. The van der Waals surface area contributed by atoms with E-state index in [4.69, 9.17) is 5.73 Å². The molecule has 156 valence electrons. The van der Waals surface area contributed by atoms with Gasteiger partial charge in [-0.2, -0.15) is 26.3 Å². The van der Waals surface area contributed by atoms with Gasteiger partial charge < -0.3 is 16.0 Å². The second-order valence-corrected chi connectivity index (χ2v) is 6.53. The Morgan fingerprint density at radius 3 is 1.93 bits per heavy atom. The monoisotopic (exact) mass is 411 g/mol. The Hall–Kier alpha value is -2.30. The Morgan fingerprint density at radius 2 is 1.50 bits per heavy atom. The van der Waals surface area contributed by atoms with Gasteiger partial charge in [0, 0.05) is 25.2 Å². The highest BCUT2D eigenvalue weighted by Crippen LogP contribution is 2.36. The van der Waals surface area contributed by atoms with E-state index in [1.54, 1.807) is 4.90 Å².